The summed E-state index contributed by atoms with van der Waals surface area (Å²) in [5.74, 6) is 0.588. The molecule has 0 spiro atoms. The molecule has 100 valence electrons. The van der Waals surface area contributed by atoms with Crippen LogP contribution in [-0.4, -0.2) is 26.5 Å². The van der Waals surface area contributed by atoms with E-state index in [4.69, 9.17) is 0 Å². The first-order chi connectivity index (χ1) is 8.53. The van der Waals surface area contributed by atoms with Crippen LogP contribution in [0.1, 0.15) is 26.2 Å². The monoisotopic (exact) mass is 269 g/mol. The van der Waals surface area contributed by atoms with E-state index in [9.17, 15) is 8.42 Å². The molecule has 2 atom stereocenters. The molecule has 6 heteroatoms. The minimum absolute atomic E-state index is 0.0386. The van der Waals surface area contributed by atoms with Gasteiger partial charge >= 0.3 is 0 Å². The van der Waals surface area contributed by atoms with Crippen molar-refractivity contribution < 1.29 is 8.42 Å². The van der Waals surface area contributed by atoms with Crippen LogP contribution in [0.4, 0.5) is 5.69 Å². The maximum absolute atomic E-state index is 12.3. The second kappa shape index (κ2) is 5.24. The average molecular weight is 269 g/mol. The third kappa shape index (κ3) is 2.81. The zero-order valence-electron chi connectivity index (χ0n) is 10.7. The van der Waals surface area contributed by atoms with Gasteiger partial charge in [0.1, 0.15) is 0 Å². The Kier molecular flexibility index (Phi) is 3.87. The van der Waals surface area contributed by atoms with E-state index in [0.717, 1.165) is 19.3 Å². The fraction of sp³-hybridized carbons (Fsp3) is 0.583. The Labute approximate surface area is 108 Å². The smallest absolute Gasteiger partial charge is 0.260 e. The van der Waals surface area contributed by atoms with E-state index in [1.807, 2.05) is 0 Å². The summed E-state index contributed by atoms with van der Waals surface area (Å²) in [6, 6.07) is 3.46. The number of pyridine rings is 1. The van der Waals surface area contributed by atoms with Crippen molar-refractivity contribution >= 4 is 15.7 Å². The third-order valence-corrected chi connectivity index (χ3v) is 4.79. The summed E-state index contributed by atoms with van der Waals surface area (Å²) >= 11 is 0. The van der Waals surface area contributed by atoms with Gasteiger partial charge in [-0.15, -0.1) is 0 Å². The van der Waals surface area contributed by atoms with Crippen molar-refractivity contribution in [2.45, 2.75) is 37.3 Å². The standard InChI is InChI=1S/C12H19N3O2S/c1-9-5-6-10(8-9)15-18(16,17)12-11(13-2)4-3-7-14-12/h3-4,7,9-10,13,15H,5-6,8H2,1-2H3. The van der Waals surface area contributed by atoms with Crippen LogP contribution in [-0.2, 0) is 10.0 Å². The summed E-state index contributed by atoms with van der Waals surface area (Å²) in [4.78, 5) is 3.97. The molecular formula is C12H19N3O2S. The molecule has 0 aromatic carbocycles. The number of anilines is 1. The van der Waals surface area contributed by atoms with Gasteiger partial charge < -0.3 is 5.32 Å². The molecular weight excluding hydrogens is 250 g/mol. The lowest BCUT2D eigenvalue weighted by Gasteiger charge is -2.14. The highest BCUT2D eigenvalue weighted by Gasteiger charge is 2.28. The molecule has 2 N–H and O–H groups in total. The molecule has 0 saturated heterocycles. The number of nitrogens with zero attached hydrogens (tertiary/aromatic N) is 1. The van der Waals surface area contributed by atoms with E-state index in [2.05, 4.69) is 21.9 Å². The molecule has 0 amide bonds. The number of sulfonamides is 1. The molecule has 18 heavy (non-hydrogen) atoms. The first-order valence-corrected chi connectivity index (χ1v) is 7.66. The van der Waals surface area contributed by atoms with Crippen LogP contribution in [0.15, 0.2) is 23.4 Å². The van der Waals surface area contributed by atoms with E-state index in [0.29, 0.717) is 11.6 Å². The summed E-state index contributed by atoms with van der Waals surface area (Å²) in [5, 5.41) is 2.93. The molecule has 1 aliphatic carbocycles. The average Bonchev–Trinajstić information content (AvgIpc) is 2.74. The molecule has 0 aliphatic heterocycles. The van der Waals surface area contributed by atoms with Crippen molar-refractivity contribution in [3.05, 3.63) is 18.3 Å². The van der Waals surface area contributed by atoms with Gasteiger partial charge in [0.2, 0.25) is 0 Å². The molecule has 0 bridgehead atoms. The quantitative estimate of drug-likeness (QED) is 0.870. The SMILES string of the molecule is CNc1cccnc1S(=O)(=O)NC1CCC(C)C1. The van der Waals surface area contributed by atoms with Crippen LogP contribution >= 0.6 is 0 Å². The van der Waals surface area contributed by atoms with E-state index >= 15 is 0 Å². The Morgan fingerprint density at radius 3 is 2.78 bits per heavy atom. The Bertz CT molecular complexity index is 516. The maximum atomic E-state index is 12.3. The molecule has 1 heterocycles. The second-order valence-corrected chi connectivity index (χ2v) is 6.47. The Balaban J connectivity index is 2.20. The molecule has 2 unspecified atom stereocenters. The number of aromatic nitrogens is 1. The second-order valence-electron chi connectivity index (χ2n) is 4.84. The van der Waals surface area contributed by atoms with Crippen molar-refractivity contribution in [3.63, 3.8) is 0 Å². The molecule has 1 aromatic heterocycles. The predicted octanol–water partition coefficient (Wildman–Crippen LogP) is 1.59. The van der Waals surface area contributed by atoms with Gasteiger partial charge in [0.15, 0.2) is 5.03 Å². The van der Waals surface area contributed by atoms with E-state index < -0.39 is 10.0 Å². The van der Waals surface area contributed by atoms with Gasteiger partial charge in [-0.25, -0.2) is 18.1 Å². The van der Waals surface area contributed by atoms with Crippen LogP contribution in [0.2, 0.25) is 0 Å². The molecule has 1 saturated carbocycles. The predicted molar refractivity (Wildman–Crippen MR) is 70.9 cm³/mol. The van der Waals surface area contributed by atoms with E-state index in [1.165, 1.54) is 6.20 Å². The van der Waals surface area contributed by atoms with Crippen LogP contribution < -0.4 is 10.0 Å². The van der Waals surface area contributed by atoms with Gasteiger partial charge in [-0.2, -0.15) is 0 Å². The lowest BCUT2D eigenvalue weighted by Crippen LogP contribution is -2.33. The van der Waals surface area contributed by atoms with Gasteiger partial charge in [-0.05, 0) is 37.3 Å². The maximum Gasteiger partial charge on any atom is 0.260 e. The fourth-order valence-electron chi connectivity index (χ4n) is 2.38. The van der Waals surface area contributed by atoms with Crippen molar-refractivity contribution in [2.75, 3.05) is 12.4 Å². The summed E-state index contributed by atoms with van der Waals surface area (Å²) in [7, 11) is -1.85. The normalized spacial score (nSPS) is 24.1. The minimum Gasteiger partial charge on any atom is -0.386 e. The third-order valence-electron chi connectivity index (χ3n) is 3.31. The van der Waals surface area contributed by atoms with Crippen molar-refractivity contribution in [1.82, 2.24) is 9.71 Å². The number of rotatable bonds is 4. The molecule has 0 radical (unpaired) electrons. The van der Waals surface area contributed by atoms with E-state index in [1.54, 1.807) is 19.2 Å². The Morgan fingerprint density at radius 1 is 1.39 bits per heavy atom. The highest BCUT2D eigenvalue weighted by atomic mass is 32.2. The Hall–Kier alpha value is -1.14. The summed E-state index contributed by atoms with van der Waals surface area (Å²) in [6.07, 6.45) is 4.38. The van der Waals surface area contributed by atoms with Gasteiger partial charge in [0.05, 0.1) is 5.69 Å². The fourth-order valence-corrected chi connectivity index (χ4v) is 3.81. The molecule has 1 fully saturated rings. The summed E-state index contributed by atoms with van der Waals surface area (Å²) in [6.45, 7) is 2.15. The van der Waals surface area contributed by atoms with Gasteiger partial charge in [-0.1, -0.05) is 6.92 Å². The largest absolute Gasteiger partial charge is 0.386 e. The zero-order chi connectivity index (χ0) is 13.2. The van der Waals surface area contributed by atoms with Gasteiger partial charge in [-0.3, -0.25) is 0 Å². The number of nitrogens with one attached hydrogen (secondary N) is 2. The van der Waals surface area contributed by atoms with Gasteiger partial charge in [0, 0.05) is 19.3 Å². The molecule has 1 aromatic rings. The highest BCUT2D eigenvalue weighted by molar-refractivity contribution is 7.89. The lowest BCUT2D eigenvalue weighted by atomic mass is 10.1. The van der Waals surface area contributed by atoms with Crippen molar-refractivity contribution in [1.29, 1.82) is 0 Å². The molecule has 1 aliphatic rings. The van der Waals surface area contributed by atoms with Crippen molar-refractivity contribution in [3.8, 4) is 0 Å². The van der Waals surface area contributed by atoms with Gasteiger partial charge in [0.25, 0.3) is 10.0 Å². The first-order valence-electron chi connectivity index (χ1n) is 6.18. The molecule has 5 nitrogen and oxygen atoms in total. The minimum atomic E-state index is -3.53. The highest BCUT2D eigenvalue weighted by Crippen LogP contribution is 2.26. The van der Waals surface area contributed by atoms with Crippen LogP contribution in [0.3, 0.4) is 0 Å². The topological polar surface area (TPSA) is 71.1 Å². The number of hydrogen-bond acceptors (Lipinski definition) is 4. The van der Waals surface area contributed by atoms with Crippen LogP contribution in [0, 0.1) is 5.92 Å². The number of hydrogen-bond donors (Lipinski definition) is 2. The lowest BCUT2D eigenvalue weighted by molar-refractivity contribution is 0.536. The zero-order valence-corrected chi connectivity index (χ0v) is 11.5. The van der Waals surface area contributed by atoms with Crippen LogP contribution in [0.5, 0.6) is 0 Å². The van der Waals surface area contributed by atoms with Crippen LogP contribution in [0.25, 0.3) is 0 Å². The van der Waals surface area contributed by atoms with Crippen molar-refractivity contribution in [2.24, 2.45) is 5.92 Å². The summed E-state index contributed by atoms with van der Waals surface area (Å²) in [5.41, 5.74) is 0.524. The summed E-state index contributed by atoms with van der Waals surface area (Å²) < 4.78 is 27.3. The Morgan fingerprint density at radius 2 is 2.17 bits per heavy atom. The molecule has 2 rings (SSSR count). The first kappa shape index (κ1) is 13.3. The van der Waals surface area contributed by atoms with E-state index in [-0.39, 0.29) is 11.1 Å².